The molecule has 7 heteroatoms. The van der Waals surface area contributed by atoms with E-state index in [0.717, 1.165) is 13.0 Å². The molecule has 2 N–H and O–H groups in total. The Hall–Kier alpha value is -3.24. The van der Waals surface area contributed by atoms with Crippen LogP contribution in [0.5, 0.6) is 0 Å². The molecular formula is C19H21N5O2. The zero-order valence-corrected chi connectivity index (χ0v) is 14.8. The number of carbonyl (C=O) groups is 2. The lowest BCUT2D eigenvalue weighted by Crippen LogP contribution is -2.28. The van der Waals surface area contributed by atoms with Gasteiger partial charge in [0.2, 0.25) is 0 Å². The molecule has 1 aromatic carbocycles. The Labute approximate surface area is 152 Å². The maximum absolute atomic E-state index is 12.3. The Morgan fingerprint density at radius 1 is 1.08 bits per heavy atom. The van der Waals surface area contributed by atoms with Crippen molar-refractivity contribution >= 4 is 17.5 Å². The van der Waals surface area contributed by atoms with Gasteiger partial charge in [-0.15, -0.1) is 0 Å². The maximum Gasteiger partial charge on any atom is 0.274 e. The van der Waals surface area contributed by atoms with Crippen molar-refractivity contribution in [2.75, 3.05) is 32.5 Å². The van der Waals surface area contributed by atoms with E-state index in [4.69, 9.17) is 5.26 Å². The van der Waals surface area contributed by atoms with Crippen LogP contribution in [0, 0.1) is 11.3 Å². The average molecular weight is 351 g/mol. The summed E-state index contributed by atoms with van der Waals surface area (Å²) in [5, 5.41) is 14.3. The largest absolute Gasteiger partial charge is 0.351 e. The van der Waals surface area contributed by atoms with E-state index in [1.807, 2.05) is 25.1 Å². The number of hydrogen-bond acceptors (Lipinski definition) is 5. The predicted octanol–water partition coefficient (Wildman–Crippen LogP) is 1.89. The first-order valence-electron chi connectivity index (χ1n) is 8.21. The van der Waals surface area contributed by atoms with Crippen molar-refractivity contribution in [2.24, 2.45) is 0 Å². The van der Waals surface area contributed by atoms with Gasteiger partial charge in [0.05, 0.1) is 11.6 Å². The quantitative estimate of drug-likeness (QED) is 0.742. The van der Waals surface area contributed by atoms with Crippen LogP contribution in [0.3, 0.4) is 0 Å². The highest BCUT2D eigenvalue weighted by molar-refractivity contribution is 6.03. The Kier molecular flexibility index (Phi) is 6.83. The van der Waals surface area contributed by atoms with Crippen molar-refractivity contribution in [1.82, 2.24) is 15.2 Å². The van der Waals surface area contributed by atoms with Gasteiger partial charge in [0.1, 0.15) is 11.4 Å². The van der Waals surface area contributed by atoms with Gasteiger partial charge in [-0.3, -0.25) is 9.59 Å². The second-order valence-corrected chi connectivity index (χ2v) is 5.96. The molecule has 134 valence electrons. The average Bonchev–Trinajstić information content (AvgIpc) is 2.65. The normalized spacial score (nSPS) is 10.2. The summed E-state index contributed by atoms with van der Waals surface area (Å²) in [6, 6.07) is 13.2. The second-order valence-electron chi connectivity index (χ2n) is 5.96. The summed E-state index contributed by atoms with van der Waals surface area (Å²) in [7, 11) is 3.94. The van der Waals surface area contributed by atoms with Crippen LogP contribution in [0.1, 0.15) is 33.0 Å². The molecule has 0 saturated carbocycles. The number of nitriles is 1. The molecule has 0 aliphatic rings. The fourth-order valence-corrected chi connectivity index (χ4v) is 2.20. The molecule has 1 aromatic heterocycles. The molecule has 2 amide bonds. The van der Waals surface area contributed by atoms with Crippen LogP contribution in [-0.2, 0) is 0 Å². The molecule has 0 saturated heterocycles. The fourth-order valence-electron chi connectivity index (χ4n) is 2.20. The maximum atomic E-state index is 12.3. The Morgan fingerprint density at radius 2 is 1.73 bits per heavy atom. The van der Waals surface area contributed by atoms with Gasteiger partial charge in [0.15, 0.2) is 0 Å². The van der Waals surface area contributed by atoms with Crippen molar-refractivity contribution in [1.29, 1.82) is 5.26 Å². The molecule has 1 heterocycles. The van der Waals surface area contributed by atoms with Crippen LogP contribution >= 0.6 is 0 Å². The first-order valence-corrected chi connectivity index (χ1v) is 8.21. The van der Waals surface area contributed by atoms with Crippen LogP contribution in [0.15, 0.2) is 42.5 Å². The number of hydrogen-bond donors (Lipinski definition) is 2. The third-order valence-corrected chi connectivity index (χ3v) is 3.55. The third kappa shape index (κ3) is 5.69. The first-order chi connectivity index (χ1) is 12.5. The van der Waals surface area contributed by atoms with Crippen LogP contribution in [0.2, 0.25) is 0 Å². The van der Waals surface area contributed by atoms with Gasteiger partial charge in [-0.2, -0.15) is 5.26 Å². The summed E-state index contributed by atoms with van der Waals surface area (Å²) >= 11 is 0. The highest BCUT2D eigenvalue weighted by Gasteiger charge is 2.12. The number of amides is 2. The summed E-state index contributed by atoms with van der Waals surface area (Å²) in [5.41, 5.74) is 1.40. The molecule has 0 unspecified atom stereocenters. The summed E-state index contributed by atoms with van der Waals surface area (Å²) < 4.78 is 0. The standard InChI is InChI=1S/C19H21N5O2/c1-24(2)12-4-11-21-18(25)16-5-3-6-17(23-16)19(26)22-15-9-7-14(13-20)8-10-15/h3,5-10H,4,11-12H2,1-2H3,(H,21,25)(H,22,26). The number of nitrogens with zero attached hydrogens (tertiary/aromatic N) is 3. The van der Waals surface area contributed by atoms with Gasteiger partial charge in [0, 0.05) is 12.2 Å². The van der Waals surface area contributed by atoms with E-state index in [2.05, 4.69) is 15.6 Å². The zero-order valence-electron chi connectivity index (χ0n) is 14.8. The molecule has 0 aliphatic heterocycles. The highest BCUT2D eigenvalue weighted by Crippen LogP contribution is 2.10. The van der Waals surface area contributed by atoms with Gasteiger partial charge in [-0.25, -0.2) is 4.98 Å². The van der Waals surface area contributed by atoms with Crippen LogP contribution in [0.4, 0.5) is 5.69 Å². The van der Waals surface area contributed by atoms with E-state index in [9.17, 15) is 9.59 Å². The van der Waals surface area contributed by atoms with E-state index in [1.54, 1.807) is 42.5 Å². The number of aromatic nitrogens is 1. The van der Waals surface area contributed by atoms with E-state index in [1.165, 1.54) is 0 Å². The minimum Gasteiger partial charge on any atom is -0.351 e. The summed E-state index contributed by atoms with van der Waals surface area (Å²) in [6.07, 6.45) is 0.831. The van der Waals surface area contributed by atoms with Crippen LogP contribution < -0.4 is 10.6 Å². The molecule has 0 atom stereocenters. The number of benzene rings is 1. The third-order valence-electron chi connectivity index (χ3n) is 3.55. The smallest absolute Gasteiger partial charge is 0.274 e. The monoisotopic (exact) mass is 351 g/mol. The lowest BCUT2D eigenvalue weighted by atomic mass is 10.2. The van der Waals surface area contributed by atoms with Crippen molar-refractivity contribution in [3.8, 4) is 6.07 Å². The number of pyridine rings is 1. The predicted molar refractivity (Wildman–Crippen MR) is 98.9 cm³/mol. The molecule has 26 heavy (non-hydrogen) atoms. The molecular weight excluding hydrogens is 330 g/mol. The highest BCUT2D eigenvalue weighted by atomic mass is 16.2. The SMILES string of the molecule is CN(C)CCCNC(=O)c1cccc(C(=O)Nc2ccc(C#N)cc2)n1. The lowest BCUT2D eigenvalue weighted by Gasteiger charge is -2.10. The Morgan fingerprint density at radius 3 is 2.35 bits per heavy atom. The Balaban J connectivity index is 1.97. The molecule has 0 radical (unpaired) electrons. The Bertz CT molecular complexity index is 809. The van der Waals surface area contributed by atoms with Gasteiger partial charge in [0.25, 0.3) is 11.8 Å². The van der Waals surface area contributed by atoms with E-state index < -0.39 is 5.91 Å². The molecule has 0 spiro atoms. The van der Waals surface area contributed by atoms with Gasteiger partial charge in [-0.1, -0.05) is 6.07 Å². The van der Waals surface area contributed by atoms with Gasteiger partial charge in [-0.05, 0) is 63.5 Å². The number of carbonyl (C=O) groups excluding carboxylic acids is 2. The van der Waals surface area contributed by atoms with Gasteiger partial charge >= 0.3 is 0 Å². The van der Waals surface area contributed by atoms with Crippen molar-refractivity contribution in [2.45, 2.75) is 6.42 Å². The number of rotatable bonds is 7. The molecule has 0 fully saturated rings. The topological polar surface area (TPSA) is 98.1 Å². The van der Waals surface area contributed by atoms with Crippen molar-refractivity contribution < 1.29 is 9.59 Å². The lowest BCUT2D eigenvalue weighted by molar-refractivity contribution is 0.0947. The van der Waals surface area contributed by atoms with E-state index in [0.29, 0.717) is 17.8 Å². The van der Waals surface area contributed by atoms with Crippen molar-refractivity contribution in [3.63, 3.8) is 0 Å². The minimum atomic E-state index is -0.419. The minimum absolute atomic E-state index is 0.148. The fraction of sp³-hybridized carbons (Fsp3) is 0.263. The first kappa shape index (κ1) is 19.1. The molecule has 7 nitrogen and oxygen atoms in total. The van der Waals surface area contributed by atoms with Crippen LogP contribution in [-0.4, -0.2) is 48.9 Å². The van der Waals surface area contributed by atoms with E-state index >= 15 is 0 Å². The van der Waals surface area contributed by atoms with Crippen molar-refractivity contribution in [3.05, 3.63) is 59.4 Å². The molecule has 2 rings (SSSR count). The van der Waals surface area contributed by atoms with Crippen LogP contribution in [0.25, 0.3) is 0 Å². The summed E-state index contributed by atoms with van der Waals surface area (Å²) in [4.78, 5) is 30.6. The zero-order chi connectivity index (χ0) is 18.9. The second kappa shape index (κ2) is 9.30. The van der Waals surface area contributed by atoms with Gasteiger partial charge < -0.3 is 15.5 Å². The molecule has 0 aliphatic carbocycles. The van der Waals surface area contributed by atoms with E-state index in [-0.39, 0.29) is 17.3 Å². The summed E-state index contributed by atoms with van der Waals surface area (Å²) in [6.45, 7) is 1.42. The number of nitrogens with one attached hydrogen (secondary N) is 2. The molecule has 2 aromatic rings. The number of anilines is 1. The summed E-state index contributed by atoms with van der Waals surface area (Å²) in [5.74, 6) is -0.728. The molecule has 0 bridgehead atoms.